The molecule has 3 aliphatic rings. The lowest BCUT2D eigenvalue weighted by Crippen LogP contribution is -2.54. The van der Waals surface area contributed by atoms with Gasteiger partial charge in [0, 0.05) is 18.8 Å². The molecule has 0 amide bonds. The summed E-state index contributed by atoms with van der Waals surface area (Å²) in [6.45, 7) is 0.519. The molecule has 2 bridgehead atoms. The monoisotopic (exact) mass is 246 g/mol. The second kappa shape index (κ2) is 4.48. The number of aliphatic hydroxyl groups is 1. The number of carbonyl (C=O) groups is 1. The molecular weight excluding hydrogens is 228 g/mol. The van der Waals surface area contributed by atoms with Crippen LogP contribution in [0.2, 0.25) is 0 Å². The first-order chi connectivity index (χ1) is 8.69. The molecule has 1 aromatic rings. The first kappa shape index (κ1) is 11.9. The highest BCUT2D eigenvalue weighted by molar-refractivity contribution is 5.84. The Hall–Kier alpha value is -1.19. The Morgan fingerprint density at radius 2 is 2.11 bits per heavy atom. The molecule has 0 aromatic heterocycles. The van der Waals surface area contributed by atoms with Crippen molar-refractivity contribution >= 4 is 5.78 Å². The number of fused-ring (bicyclic) bond motifs is 3. The summed E-state index contributed by atoms with van der Waals surface area (Å²) in [5.41, 5.74) is 0.697. The van der Waals surface area contributed by atoms with Gasteiger partial charge < -0.3 is 9.84 Å². The lowest BCUT2D eigenvalue weighted by molar-refractivity contribution is -0.172. The minimum Gasteiger partial charge on any atom is -0.392 e. The van der Waals surface area contributed by atoms with Crippen LogP contribution in [-0.4, -0.2) is 22.6 Å². The highest BCUT2D eigenvalue weighted by Gasteiger charge is 2.50. The topological polar surface area (TPSA) is 46.5 Å². The quantitative estimate of drug-likeness (QED) is 0.888. The van der Waals surface area contributed by atoms with Crippen molar-refractivity contribution in [2.24, 2.45) is 5.92 Å². The minimum atomic E-state index is -0.504. The molecule has 3 saturated carbocycles. The number of benzene rings is 1. The summed E-state index contributed by atoms with van der Waals surface area (Å²) in [6, 6.07) is 9.97. The Kier molecular flexibility index (Phi) is 2.96. The summed E-state index contributed by atoms with van der Waals surface area (Å²) in [7, 11) is 0. The average Bonchev–Trinajstić information content (AvgIpc) is 2.38. The first-order valence-electron chi connectivity index (χ1n) is 6.57. The average molecular weight is 246 g/mol. The fourth-order valence-electron chi connectivity index (χ4n) is 3.21. The summed E-state index contributed by atoms with van der Waals surface area (Å²) in [6.07, 6.45) is 2.25. The van der Waals surface area contributed by atoms with Crippen molar-refractivity contribution in [2.75, 3.05) is 0 Å². The normalized spacial score (nSPS) is 34.8. The van der Waals surface area contributed by atoms with E-state index in [2.05, 4.69) is 0 Å². The summed E-state index contributed by atoms with van der Waals surface area (Å²) in [4.78, 5) is 11.8. The van der Waals surface area contributed by atoms with Crippen molar-refractivity contribution in [3.63, 3.8) is 0 Å². The van der Waals surface area contributed by atoms with E-state index in [0.717, 1.165) is 18.4 Å². The maximum Gasteiger partial charge on any atom is 0.141 e. The van der Waals surface area contributed by atoms with Gasteiger partial charge in [-0.3, -0.25) is 4.79 Å². The molecule has 96 valence electrons. The third-order valence-electron chi connectivity index (χ3n) is 4.25. The third-order valence-corrected chi connectivity index (χ3v) is 4.25. The smallest absolute Gasteiger partial charge is 0.141 e. The standard InChI is InChI=1S/C15H18O3/c16-13-8-15(7-6-12(13)14(17)9-15)18-10-11-4-2-1-3-5-11/h1-5,12-13,16H,6-10H2/t12-,13+,15-/m0/s1. The molecule has 0 aliphatic heterocycles. The van der Waals surface area contributed by atoms with E-state index < -0.39 is 11.7 Å². The molecule has 0 saturated heterocycles. The van der Waals surface area contributed by atoms with Gasteiger partial charge in [-0.05, 0) is 18.4 Å². The minimum absolute atomic E-state index is 0.132. The molecule has 0 heterocycles. The predicted octanol–water partition coefficient (Wildman–Crippen LogP) is 2.08. The van der Waals surface area contributed by atoms with Crippen LogP contribution in [-0.2, 0) is 16.1 Å². The molecular formula is C15H18O3. The Balaban J connectivity index is 1.70. The summed E-state index contributed by atoms with van der Waals surface area (Å²) in [5.74, 6) is 0.0419. The van der Waals surface area contributed by atoms with E-state index in [1.54, 1.807) is 0 Å². The molecule has 18 heavy (non-hydrogen) atoms. The van der Waals surface area contributed by atoms with Crippen LogP contribution in [0.1, 0.15) is 31.2 Å². The molecule has 1 aromatic carbocycles. The van der Waals surface area contributed by atoms with Gasteiger partial charge in [-0.25, -0.2) is 0 Å². The molecule has 0 radical (unpaired) electrons. The second-order valence-electron chi connectivity index (χ2n) is 5.52. The van der Waals surface area contributed by atoms with Gasteiger partial charge in [-0.2, -0.15) is 0 Å². The number of aliphatic hydroxyl groups excluding tert-OH is 1. The number of ketones is 1. The zero-order chi connectivity index (χ0) is 12.6. The second-order valence-corrected chi connectivity index (χ2v) is 5.52. The van der Waals surface area contributed by atoms with E-state index in [1.165, 1.54) is 0 Å². The fourth-order valence-corrected chi connectivity index (χ4v) is 3.21. The van der Waals surface area contributed by atoms with Gasteiger partial charge in [0.2, 0.25) is 0 Å². The van der Waals surface area contributed by atoms with E-state index in [4.69, 9.17) is 4.74 Å². The summed E-state index contributed by atoms with van der Waals surface area (Å²) >= 11 is 0. The third kappa shape index (κ3) is 2.08. The Morgan fingerprint density at radius 3 is 2.78 bits per heavy atom. The molecule has 1 N–H and O–H groups in total. The van der Waals surface area contributed by atoms with Gasteiger partial charge in [0.1, 0.15) is 5.78 Å². The van der Waals surface area contributed by atoms with E-state index >= 15 is 0 Å². The lowest BCUT2D eigenvalue weighted by Gasteiger charge is -2.47. The first-order valence-corrected chi connectivity index (χ1v) is 6.57. The number of Topliss-reactive ketones (excluding diaryl/α,β-unsaturated/α-hetero) is 1. The number of ether oxygens (including phenoxy) is 1. The van der Waals surface area contributed by atoms with Crippen LogP contribution in [0.4, 0.5) is 0 Å². The van der Waals surface area contributed by atoms with Crippen molar-refractivity contribution in [3.05, 3.63) is 35.9 Å². The van der Waals surface area contributed by atoms with E-state index in [9.17, 15) is 9.90 Å². The van der Waals surface area contributed by atoms with Crippen LogP contribution < -0.4 is 0 Å². The van der Waals surface area contributed by atoms with E-state index in [0.29, 0.717) is 19.4 Å². The van der Waals surface area contributed by atoms with Crippen molar-refractivity contribution in [1.29, 1.82) is 0 Å². The van der Waals surface area contributed by atoms with Crippen LogP contribution in [0, 0.1) is 5.92 Å². The fraction of sp³-hybridized carbons (Fsp3) is 0.533. The SMILES string of the molecule is O=C1C[C@]2(OCc3ccccc3)CC[C@H]1[C@H](O)C2. The van der Waals surface area contributed by atoms with Crippen molar-refractivity contribution < 1.29 is 14.6 Å². The van der Waals surface area contributed by atoms with Gasteiger partial charge >= 0.3 is 0 Å². The van der Waals surface area contributed by atoms with Gasteiger partial charge in [-0.1, -0.05) is 30.3 Å². The van der Waals surface area contributed by atoms with Crippen LogP contribution in [0.3, 0.4) is 0 Å². The van der Waals surface area contributed by atoms with Gasteiger partial charge in [0.05, 0.1) is 18.3 Å². The van der Waals surface area contributed by atoms with Crippen LogP contribution in [0.25, 0.3) is 0 Å². The van der Waals surface area contributed by atoms with Crippen molar-refractivity contribution in [1.82, 2.24) is 0 Å². The van der Waals surface area contributed by atoms with Crippen molar-refractivity contribution in [2.45, 2.75) is 44.0 Å². The maximum absolute atomic E-state index is 11.8. The van der Waals surface area contributed by atoms with Gasteiger partial charge in [-0.15, -0.1) is 0 Å². The number of rotatable bonds is 3. The molecule has 3 fully saturated rings. The van der Waals surface area contributed by atoms with Gasteiger partial charge in [0.25, 0.3) is 0 Å². The zero-order valence-corrected chi connectivity index (χ0v) is 10.3. The van der Waals surface area contributed by atoms with Crippen LogP contribution in [0.5, 0.6) is 0 Å². The summed E-state index contributed by atoms with van der Waals surface area (Å²) < 4.78 is 6.00. The Morgan fingerprint density at radius 1 is 1.33 bits per heavy atom. The molecule has 3 heteroatoms. The van der Waals surface area contributed by atoms with Crippen molar-refractivity contribution in [3.8, 4) is 0 Å². The zero-order valence-electron chi connectivity index (χ0n) is 10.3. The van der Waals surface area contributed by atoms with Crippen LogP contribution in [0.15, 0.2) is 30.3 Å². The van der Waals surface area contributed by atoms with Crippen LogP contribution >= 0.6 is 0 Å². The molecule has 0 spiro atoms. The number of carbonyl (C=O) groups excluding carboxylic acids is 1. The molecule has 0 unspecified atom stereocenters. The Bertz CT molecular complexity index is 442. The number of hydrogen-bond donors (Lipinski definition) is 1. The van der Waals surface area contributed by atoms with E-state index in [-0.39, 0.29) is 11.7 Å². The largest absolute Gasteiger partial charge is 0.392 e. The Labute approximate surface area is 107 Å². The summed E-state index contributed by atoms with van der Waals surface area (Å²) in [5, 5.41) is 9.93. The molecule has 3 aliphatic carbocycles. The molecule has 3 atom stereocenters. The predicted molar refractivity (Wildman–Crippen MR) is 66.9 cm³/mol. The highest BCUT2D eigenvalue weighted by Crippen LogP contribution is 2.45. The molecule has 3 nitrogen and oxygen atoms in total. The molecule has 4 rings (SSSR count). The number of hydrogen-bond acceptors (Lipinski definition) is 3. The lowest BCUT2D eigenvalue weighted by atomic mass is 9.65. The highest BCUT2D eigenvalue weighted by atomic mass is 16.5. The van der Waals surface area contributed by atoms with E-state index in [1.807, 2.05) is 30.3 Å². The maximum atomic E-state index is 11.8. The van der Waals surface area contributed by atoms with Gasteiger partial charge in [0.15, 0.2) is 0 Å².